The lowest BCUT2D eigenvalue weighted by molar-refractivity contribution is -0.135. The highest BCUT2D eigenvalue weighted by Crippen LogP contribution is 2.33. The van der Waals surface area contributed by atoms with E-state index in [1.165, 1.54) is 5.56 Å². The molecule has 0 amide bonds. The van der Waals surface area contributed by atoms with E-state index in [4.69, 9.17) is 9.47 Å². The molecule has 1 aliphatic rings. The number of ether oxygens (including phenoxy) is 2. The molecule has 28 heavy (non-hydrogen) atoms. The van der Waals surface area contributed by atoms with Gasteiger partial charge >= 0.3 is 6.18 Å². The fourth-order valence-corrected chi connectivity index (χ4v) is 3.11. The first-order valence-corrected chi connectivity index (χ1v) is 9.21. The Balaban J connectivity index is 0.00000392. The topological polar surface area (TPSA) is 46.1 Å². The van der Waals surface area contributed by atoms with Gasteiger partial charge in [0.15, 0.2) is 17.5 Å². The molecule has 0 spiro atoms. The summed E-state index contributed by atoms with van der Waals surface area (Å²) in [7, 11) is 3.23. The van der Waals surface area contributed by atoms with E-state index in [2.05, 4.69) is 15.2 Å². The van der Waals surface area contributed by atoms with Gasteiger partial charge in [0.05, 0.1) is 14.2 Å². The molecule has 1 aliphatic heterocycles. The number of rotatable bonds is 7. The summed E-state index contributed by atoms with van der Waals surface area (Å²) in [5.41, 5.74) is 2.35. The number of nitrogens with zero attached hydrogens (tertiary/aromatic N) is 2. The molecule has 0 saturated carbocycles. The molecular formula is C19H29F3IN3O2. The number of guanidine groups is 1. The molecule has 1 heterocycles. The predicted molar refractivity (Wildman–Crippen MR) is 115 cm³/mol. The summed E-state index contributed by atoms with van der Waals surface area (Å²) >= 11 is 0. The molecule has 0 aromatic heterocycles. The number of halogens is 4. The minimum Gasteiger partial charge on any atom is -0.493 e. The van der Waals surface area contributed by atoms with Crippen LogP contribution in [0.4, 0.5) is 13.2 Å². The smallest absolute Gasteiger partial charge is 0.389 e. The lowest BCUT2D eigenvalue weighted by atomic mass is 9.99. The highest BCUT2D eigenvalue weighted by Gasteiger charge is 2.26. The fourth-order valence-electron chi connectivity index (χ4n) is 3.11. The number of hydrogen-bond donors (Lipinski definition) is 1. The summed E-state index contributed by atoms with van der Waals surface area (Å²) in [6.45, 7) is 4.52. The number of alkyl halides is 3. The largest absolute Gasteiger partial charge is 0.493 e. The van der Waals surface area contributed by atoms with Crippen LogP contribution in [0.25, 0.3) is 0 Å². The van der Waals surface area contributed by atoms with Crippen LogP contribution in [0.1, 0.15) is 37.3 Å². The van der Waals surface area contributed by atoms with Gasteiger partial charge in [-0.2, -0.15) is 13.2 Å². The van der Waals surface area contributed by atoms with Gasteiger partial charge in [-0.25, -0.2) is 0 Å². The first kappa shape index (κ1) is 24.6. The molecule has 0 radical (unpaired) electrons. The minimum atomic E-state index is -4.09. The quantitative estimate of drug-likeness (QED) is 0.254. The Bertz CT molecular complexity index is 654. The van der Waals surface area contributed by atoms with Gasteiger partial charge in [-0.05, 0) is 49.4 Å². The molecule has 5 nitrogen and oxygen atoms in total. The number of unbranched alkanes of at least 4 members (excludes halogenated alkanes) is 1. The van der Waals surface area contributed by atoms with E-state index >= 15 is 0 Å². The Morgan fingerprint density at radius 2 is 1.79 bits per heavy atom. The maximum absolute atomic E-state index is 12.2. The van der Waals surface area contributed by atoms with Gasteiger partial charge in [0.2, 0.25) is 0 Å². The van der Waals surface area contributed by atoms with E-state index in [1.807, 2.05) is 19.1 Å². The van der Waals surface area contributed by atoms with Crippen LogP contribution < -0.4 is 14.8 Å². The molecule has 1 aromatic carbocycles. The van der Waals surface area contributed by atoms with Crippen molar-refractivity contribution < 1.29 is 22.6 Å². The lowest BCUT2D eigenvalue weighted by Gasteiger charge is -2.32. The van der Waals surface area contributed by atoms with Crippen molar-refractivity contribution >= 4 is 29.9 Å². The van der Waals surface area contributed by atoms with Gasteiger partial charge in [-0.1, -0.05) is 0 Å². The summed E-state index contributed by atoms with van der Waals surface area (Å²) in [5.74, 6) is 2.15. The zero-order valence-electron chi connectivity index (χ0n) is 16.6. The second-order valence-electron chi connectivity index (χ2n) is 6.46. The zero-order valence-corrected chi connectivity index (χ0v) is 18.9. The number of methoxy groups -OCH3 is 2. The SMILES string of the molecule is CCNC(=NCCCCC(F)(F)F)N1CCc2cc(OC)c(OC)cc2C1.I. The monoisotopic (exact) mass is 515 g/mol. The van der Waals surface area contributed by atoms with Crippen LogP contribution in [0.5, 0.6) is 11.5 Å². The molecule has 0 saturated heterocycles. The third kappa shape index (κ3) is 7.21. The third-order valence-corrected chi connectivity index (χ3v) is 4.48. The second kappa shape index (κ2) is 11.6. The van der Waals surface area contributed by atoms with Gasteiger partial charge in [0, 0.05) is 32.6 Å². The van der Waals surface area contributed by atoms with Crippen LogP contribution in [0.15, 0.2) is 17.1 Å². The highest BCUT2D eigenvalue weighted by atomic mass is 127. The van der Waals surface area contributed by atoms with E-state index in [0.717, 1.165) is 30.2 Å². The van der Waals surface area contributed by atoms with Crippen molar-refractivity contribution in [2.24, 2.45) is 4.99 Å². The van der Waals surface area contributed by atoms with Gasteiger partial charge in [-0.3, -0.25) is 4.99 Å². The van der Waals surface area contributed by atoms with E-state index in [1.54, 1.807) is 14.2 Å². The first-order valence-electron chi connectivity index (χ1n) is 9.21. The van der Waals surface area contributed by atoms with Crippen LogP contribution >= 0.6 is 24.0 Å². The van der Waals surface area contributed by atoms with Crippen molar-refractivity contribution in [1.29, 1.82) is 0 Å². The normalized spacial score (nSPS) is 14.2. The molecule has 0 bridgehead atoms. The van der Waals surface area contributed by atoms with E-state index in [9.17, 15) is 13.2 Å². The Morgan fingerprint density at radius 1 is 1.14 bits per heavy atom. The standard InChI is InChI=1S/C19H28F3N3O2.HI/c1-4-23-18(24-9-6-5-8-19(20,21)22)25-10-7-14-11-16(26-2)17(27-3)12-15(14)13-25;/h11-12H,4-10,13H2,1-3H3,(H,23,24);1H. The van der Waals surface area contributed by atoms with E-state index in [0.29, 0.717) is 31.8 Å². The molecule has 2 rings (SSSR count). The molecular weight excluding hydrogens is 486 g/mol. The minimum absolute atomic E-state index is 0. The van der Waals surface area contributed by atoms with Gasteiger partial charge in [0.1, 0.15) is 0 Å². The average Bonchev–Trinajstić information content (AvgIpc) is 2.64. The number of nitrogens with one attached hydrogen (secondary N) is 1. The Labute approximate surface area is 181 Å². The van der Waals surface area contributed by atoms with E-state index in [-0.39, 0.29) is 30.4 Å². The molecule has 9 heteroatoms. The Hall–Kier alpha value is -1.39. The van der Waals surface area contributed by atoms with Crippen LogP contribution in [0.2, 0.25) is 0 Å². The Morgan fingerprint density at radius 3 is 2.36 bits per heavy atom. The van der Waals surface area contributed by atoms with Crippen LogP contribution in [-0.4, -0.2) is 50.9 Å². The number of fused-ring (bicyclic) bond motifs is 1. The molecule has 0 fully saturated rings. The molecule has 160 valence electrons. The van der Waals surface area contributed by atoms with Crippen LogP contribution in [-0.2, 0) is 13.0 Å². The highest BCUT2D eigenvalue weighted by molar-refractivity contribution is 14.0. The fraction of sp³-hybridized carbons (Fsp3) is 0.632. The van der Waals surface area contributed by atoms with Crippen molar-refractivity contribution in [3.63, 3.8) is 0 Å². The summed E-state index contributed by atoms with van der Waals surface area (Å²) in [6, 6.07) is 3.99. The van der Waals surface area contributed by atoms with Gasteiger partial charge in [0.25, 0.3) is 0 Å². The van der Waals surface area contributed by atoms with Gasteiger partial charge < -0.3 is 19.7 Å². The molecule has 0 aliphatic carbocycles. The van der Waals surface area contributed by atoms with Crippen molar-refractivity contribution in [3.05, 3.63) is 23.3 Å². The number of benzene rings is 1. The summed E-state index contributed by atoms with van der Waals surface area (Å²) in [6.07, 6.45) is -3.48. The summed E-state index contributed by atoms with van der Waals surface area (Å²) in [5, 5.41) is 3.24. The maximum Gasteiger partial charge on any atom is 0.389 e. The molecule has 0 unspecified atom stereocenters. The van der Waals surface area contributed by atoms with Crippen molar-refractivity contribution in [2.45, 2.75) is 45.3 Å². The van der Waals surface area contributed by atoms with Crippen molar-refractivity contribution in [1.82, 2.24) is 10.2 Å². The van der Waals surface area contributed by atoms with Crippen molar-refractivity contribution in [3.8, 4) is 11.5 Å². The Kier molecular flexibility index (Phi) is 10.2. The van der Waals surface area contributed by atoms with E-state index < -0.39 is 12.6 Å². The molecule has 1 N–H and O–H groups in total. The van der Waals surface area contributed by atoms with Crippen molar-refractivity contribution in [2.75, 3.05) is 33.9 Å². The second-order valence-corrected chi connectivity index (χ2v) is 6.46. The third-order valence-electron chi connectivity index (χ3n) is 4.48. The average molecular weight is 515 g/mol. The summed E-state index contributed by atoms with van der Waals surface area (Å²) < 4.78 is 47.4. The zero-order chi connectivity index (χ0) is 19.9. The summed E-state index contributed by atoms with van der Waals surface area (Å²) in [4.78, 5) is 6.64. The number of hydrogen-bond acceptors (Lipinski definition) is 3. The van der Waals surface area contributed by atoms with Gasteiger partial charge in [-0.15, -0.1) is 24.0 Å². The maximum atomic E-state index is 12.2. The lowest BCUT2D eigenvalue weighted by Crippen LogP contribution is -2.44. The first-order chi connectivity index (χ1) is 12.9. The van der Waals surface area contributed by atoms with Crippen LogP contribution in [0.3, 0.4) is 0 Å². The van der Waals surface area contributed by atoms with Crippen LogP contribution in [0, 0.1) is 0 Å². The predicted octanol–water partition coefficient (Wildman–Crippen LogP) is 4.38. The molecule has 1 aromatic rings. The molecule has 0 atom stereocenters. The number of aliphatic imine (C=N–C) groups is 1.